The maximum Gasteiger partial charge on any atom is 0.231 e. The minimum atomic E-state index is 0.285. The fraction of sp³-hybridized carbons (Fsp3) is 0.0833. The van der Waals surface area contributed by atoms with Crippen LogP contribution in [0, 0.1) is 0 Å². The largest absolute Gasteiger partial charge is 0.454 e. The summed E-state index contributed by atoms with van der Waals surface area (Å²) in [5.74, 6) is 1.53. The summed E-state index contributed by atoms with van der Waals surface area (Å²) in [6.07, 6.45) is 7.54. The molecule has 3 heteroatoms. The zero-order valence-electron chi connectivity index (χ0n) is 8.05. The Balaban J connectivity index is 2.13. The van der Waals surface area contributed by atoms with Crippen LogP contribution in [0.2, 0.25) is 0 Å². The summed E-state index contributed by atoms with van der Waals surface area (Å²) in [5.41, 5.74) is 1.01. The third-order valence-electron chi connectivity index (χ3n) is 1.99. The van der Waals surface area contributed by atoms with E-state index in [1.165, 1.54) is 6.08 Å². The molecule has 0 bridgehead atoms. The fourth-order valence-electron chi connectivity index (χ4n) is 1.29. The lowest BCUT2D eigenvalue weighted by Gasteiger charge is -1.96. The second-order valence-electron chi connectivity index (χ2n) is 2.99. The van der Waals surface area contributed by atoms with Gasteiger partial charge in [0.2, 0.25) is 6.79 Å². The minimum Gasteiger partial charge on any atom is -0.454 e. The number of ether oxygens (including phenoxy) is 2. The Morgan fingerprint density at radius 2 is 1.93 bits per heavy atom. The third kappa shape index (κ3) is 2.26. The zero-order chi connectivity index (χ0) is 10.5. The molecule has 1 aliphatic rings. The summed E-state index contributed by atoms with van der Waals surface area (Å²) in [5, 5.41) is 0. The number of allylic oxidation sites excluding steroid dienone is 3. The van der Waals surface area contributed by atoms with Gasteiger partial charge in [-0.15, -0.1) is 0 Å². The predicted octanol–water partition coefficient (Wildman–Crippen LogP) is 2.18. The van der Waals surface area contributed by atoms with Crippen molar-refractivity contribution in [3.05, 3.63) is 42.0 Å². The molecular formula is C12H10O3. The van der Waals surface area contributed by atoms with Crippen molar-refractivity contribution in [1.29, 1.82) is 0 Å². The van der Waals surface area contributed by atoms with Crippen molar-refractivity contribution in [3.63, 3.8) is 0 Å². The van der Waals surface area contributed by atoms with Crippen LogP contribution in [0.3, 0.4) is 0 Å². The number of fused-ring (bicyclic) bond motifs is 1. The van der Waals surface area contributed by atoms with Gasteiger partial charge in [-0.25, -0.2) is 0 Å². The quantitative estimate of drug-likeness (QED) is 0.428. The molecule has 0 fully saturated rings. The van der Waals surface area contributed by atoms with Crippen LogP contribution in [-0.4, -0.2) is 13.1 Å². The summed E-state index contributed by atoms with van der Waals surface area (Å²) in [6.45, 7) is 0.285. The van der Waals surface area contributed by atoms with E-state index in [-0.39, 0.29) is 6.79 Å². The monoisotopic (exact) mass is 202 g/mol. The van der Waals surface area contributed by atoms with Gasteiger partial charge in [-0.05, 0) is 23.8 Å². The van der Waals surface area contributed by atoms with Gasteiger partial charge in [-0.3, -0.25) is 4.79 Å². The molecule has 0 aromatic heterocycles. The number of rotatable bonds is 3. The molecule has 0 spiro atoms. The number of aldehydes is 1. The van der Waals surface area contributed by atoms with Crippen molar-refractivity contribution in [3.8, 4) is 11.5 Å². The molecule has 0 aliphatic carbocycles. The van der Waals surface area contributed by atoms with Crippen LogP contribution < -0.4 is 9.47 Å². The molecule has 0 saturated heterocycles. The molecule has 1 aromatic rings. The van der Waals surface area contributed by atoms with Gasteiger partial charge in [-0.2, -0.15) is 0 Å². The molecular weight excluding hydrogens is 192 g/mol. The average Bonchev–Trinajstić information content (AvgIpc) is 2.71. The Morgan fingerprint density at radius 3 is 2.80 bits per heavy atom. The normalized spacial score (nSPS) is 13.9. The molecule has 1 aromatic carbocycles. The van der Waals surface area contributed by atoms with Gasteiger partial charge in [0.15, 0.2) is 11.5 Å². The first-order chi connectivity index (χ1) is 7.40. The topological polar surface area (TPSA) is 35.5 Å². The standard InChI is InChI=1S/C12H10O3/c13-7-3-1-2-4-10-5-6-11-12(8-10)15-9-14-11/h1-8H,9H2/b3-1+,4-2+. The molecule has 0 amide bonds. The van der Waals surface area contributed by atoms with E-state index in [2.05, 4.69) is 0 Å². The highest BCUT2D eigenvalue weighted by molar-refractivity contribution is 5.66. The van der Waals surface area contributed by atoms with Crippen molar-refractivity contribution in [2.75, 3.05) is 6.79 Å². The smallest absolute Gasteiger partial charge is 0.231 e. The molecule has 0 atom stereocenters. The molecule has 1 aliphatic heterocycles. The second kappa shape index (κ2) is 4.46. The summed E-state index contributed by atoms with van der Waals surface area (Å²) >= 11 is 0. The maximum absolute atomic E-state index is 10.0. The molecule has 76 valence electrons. The van der Waals surface area contributed by atoms with E-state index in [1.54, 1.807) is 12.2 Å². The summed E-state index contributed by atoms with van der Waals surface area (Å²) in [6, 6.07) is 5.69. The lowest BCUT2D eigenvalue weighted by atomic mass is 10.2. The molecule has 15 heavy (non-hydrogen) atoms. The molecule has 1 heterocycles. The van der Waals surface area contributed by atoms with Crippen molar-refractivity contribution in [2.45, 2.75) is 0 Å². The first kappa shape index (κ1) is 9.52. The lowest BCUT2D eigenvalue weighted by Crippen LogP contribution is -1.92. The molecule has 3 nitrogen and oxygen atoms in total. The number of carbonyl (C=O) groups is 1. The molecule has 0 saturated carbocycles. The Kier molecular flexibility index (Phi) is 2.83. The first-order valence-electron chi connectivity index (χ1n) is 4.58. The Hall–Kier alpha value is -2.03. The van der Waals surface area contributed by atoms with Crippen LogP contribution in [0.4, 0.5) is 0 Å². The number of hydrogen-bond donors (Lipinski definition) is 0. The molecule has 0 unspecified atom stereocenters. The lowest BCUT2D eigenvalue weighted by molar-refractivity contribution is -0.104. The van der Waals surface area contributed by atoms with E-state index in [9.17, 15) is 4.79 Å². The van der Waals surface area contributed by atoms with Crippen molar-refractivity contribution in [2.24, 2.45) is 0 Å². The predicted molar refractivity (Wildman–Crippen MR) is 56.8 cm³/mol. The number of carbonyl (C=O) groups excluding carboxylic acids is 1. The van der Waals surface area contributed by atoms with E-state index < -0.39 is 0 Å². The zero-order valence-corrected chi connectivity index (χ0v) is 8.05. The Labute approximate surface area is 87.6 Å². The highest BCUT2D eigenvalue weighted by Gasteiger charge is 2.11. The van der Waals surface area contributed by atoms with Crippen molar-refractivity contribution < 1.29 is 14.3 Å². The van der Waals surface area contributed by atoms with Gasteiger partial charge in [-0.1, -0.05) is 24.3 Å². The van der Waals surface area contributed by atoms with Crippen LogP contribution >= 0.6 is 0 Å². The van der Waals surface area contributed by atoms with Gasteiger partial charge in [0.25, 0.3) is 0 Å². The van der Waals surface area contributed by atoms with Gasteiger partial charge in [0.1, 0.15) is 6.29 Å². The van der Waals surface area contributed by atoms with E-state index in [0.29, 0.717) is 0 Å². The van der Waals surface area contributed by atoms with Gasteiger partial charge < -0.3 is 9.47 Å². The van der Waals surface area contributed by atoms with Crippen LogP contribution in [0.1, 0.15) is 5.56 Å². The Bertz CT molecular complexity index is 419. The van der Waals surface area contributed by atoms with Crippen LogP contribution in [-0.2, 0) is 4.79 Å². The second-order valence-corrected chi connectivity index (χ2v) is 2.99. The van der Waals surface area contributed by atoms with Crippen molar-refractivity contribution in [1.82, 2.24) is 0 Å². The van der Waals surface area contributed by atoms with E-state index >= 15 is 0 Å². The minimum absolute atomic E-state index is 0.285. The van der Waals surface area contributed by atoms with E-state index in [4.69, 9.17) is 9.47 Å². The SMILES string of the molecule is O=C/C=C/C=C/c1ccc2c(c1)OCO2. The molecule has 2 rings (SSSR count). The van der Waals surface area contributed by atoms with Crippen molar-refractivity contribution >= 4 is 12.4 Å². The molecule has 0 radical (unpaired) electrons. The third-order valence-corrected chi connectivity index (χ3v) is 1.99. The van der Waals surface area contributed by atoms with Gasteiger partial charge in [0.05, 0.1) is 0 Å². The highest BCUT2D eigenvalue weighted by Crippen LogP contribution is 2.32. The number of hydrogen-bond acceptors (Lipinski definition) is 3. The van der Waals surface area contributed by atoms with E-state index in [0.717, 1.165) is 23.3 Å². The van der Waals surface area contributed by atoms with Gasteiger partial charge in [0, 0.05) is 0 Å². The fourth-order valence-corrected chi connectivity index (χ4v) is 1.29. The highest BCUT2D eigenvalue weighted by atomic mass is 16.7. The average molecular weight is 202 g/mol. The molecule has 0 N–H and O–H groups in total. The number of benzene rings is 1. The summed E-state index contributed by atoms with van der Waals surface area (Å²) in [4.78, 5) is 10.0. The summed E-state index contributed by atoms with van der Waals surface area (Å²) < 4.78 is 10.4. The Morgan fingerprint density at radius 1 is 1.07 bits per heavy atom. The van der Waals surface area contributed by atoms with Crippen LogP contribution in [0.25, 0.3) is 6.08 Å². The van der Waals surface area contributed by atoms with Crippen LogP contribution in [0.15, 0.2) is 36.4 Å². The maximum atomic E-state index is 10.0. The van der Waals surface area contributed by atoms with Gasteiger partial charge >= 0.3 is 0 Å². The summed E-state index contributed by atoms with van der Waals surface area (Å²) in [7, 11) is 0. The first-order valence-corrected chi connectivity index (χ1v) is 4.58. The van der Waals surface area contributed by atoms with E-state index in [1.807, 2.05) is 24.3 Å². The van der Waals surface area contributed by atoms with Crippen LogP contribution in [0.5, 0.6) is 11.5 Å².